The van der Waals surface area contributed by atoms with Gasteiger partial charge in [0.1, 0.15) is 0 Å². The summed E-state index contributed by atoms with van der Waals surface area (Å²) in [5.41, 5.74) is -4.18. The van der Waals surface area contributed by atoms with Gasteiger partial charge in [-0.1, -0.05) is 9.13 Å². The van der Waals surface area contributed by atoms with E-state index in [4.69, 9.17) is 0 Å². The van der Waals surface area contributed by atoms with Gasteiger partial charge in [0.05, 0.1) is 14.2 Å². The second kappa shape index (κ2) is 11.9. The molecule has 12 heteroatoms. The van der Waals surface area contributed by atoms with Gasteiger partial charge < -0.3 is 19.3 Å². The van der Waals surface area contributed by atoms with Crippen LogP contribution in [0.3, 0.4) is 0 Å². The number of hydrogen-bond donors (Lipinski definition) is 0. The summed E-state index contributed by atoms with van der Waals surface area (Å²) >= 11 is 0. The molecule has 18 heavy (non-hydrogen) atoms. The van der Waals surface area contributed by atoms with Crippen LogP contribution in [-0.2, 0) is 28.2 Å². The predicted octanol–water partition coefficient (Wildman–Crippen LogP) is -7.72. The van der Waals surface area contributed by atoms with E-state index in [0.717, 1.165) is 14.2 Å². The van der Waals surface area contributed by atoms with Gasteiger partial charge in [0.15, 0.2) is 0 Å². The zero-order chi connectivity index (χ0) is 12.9. The van der Waals surface area contributed by atoms with Gasteiger partial charge in [-0.3, -0.25) is 0 Å². The number of hydrogen-bond acceptors (Lipinski definition) is 8. The van der Waals surface area contributed by atoms with Gasteiger partial charge in [0, 0.05) is 0 Å². The van der Waals surface area contributed by atoms with Gasteiger partial charge in [-0.2, -0.15) is 0 Å². The third-order valence-electron chi connectivity index (χ3n) is 1.64. The van der Waals surface area contributed by atoms with Crippen molar-refractivity contribution in [3.8, 4) is 0 Å². The molecular formula is C6H8Na2O8P2+2. The van der Waals surface area contributed by atoms with Crippen molar-refractivity contribution in [3.05, 3.63) is 0 Å². The smallest absolute Gasteiger partial charge is 0.595 e. The van der Waals surface area contributed by atoms with Crippen LogP contribution >= 0.6 is 16.1 Å². The van der Waals surface area contributed by atoms with E-state index in [-0.39, 0.29) is 59.1 Å². The van der Waals surface area contributed by atoms with Crippen molar-refractivity contribution in [3.63, 3.8) is 0 Å². The molecule has 0 aliphatic carbocycles. The van der Waals surface area contributed by atoms with E-state index in [0.29, 0.717) is 0 Å². The largest absolute Gasteiger partial charge is 1.00 e. The fourth-order valence-electron chi connectivity index (χ4n) is 0.902. The maximum absolute atomic E-state index is 11.0. The van der Waals surface area contributed by atoms with E-state index in [2.05, 4.69) is 9.47 Å². The molecule has 4 unspecified atom stereocenters. The molecule has 0 fully saturated rings. The van der Waals surface area contributed by atoms with E-state index < -0.39 is 39.3 Å². The Bertz CT molecular complexity index is 304. The first-order chi connectivity index (χ1) is 7.36. The van der Waals surface area contributed by atoms with Crippen molar-refractivity contribution in [2.45, 2.75) is 11.3 Å². The molecule has 0 N–H and O–H groups in total. The van der Waals surface area contributed by atoms with E-state index in [1.807, 2.05) is 0 Å². The van der Waals surface area contributed by atoms with Crippen LogP contribution in [0.25, 0.3) is 0 Å². The summed E-state index contributed by atoms with van der Waals surface area (Å²) in [4.78, 5) is 43.5. The average molecular weight is 316 g/mol. The SMILES string of the molecule is COC(=O)C(C(C(=O)OC)[P+](=O)[O-])[P+](=O)[O-].[Na+].[Na+]. The molecule has 0 rings (SSSR count). The third kappa shape index (κ3) is 7.01. The van der Waals surface area contributed by atoms with Crippen LogP contribution < -0.4 is 68.9 Å². The Kier molecular flexibility index (Phi) is 15.9. The molecule has 0 aliphatic rings. The predicted molar refractivity (Wildman–Crippen MR) is 46.8 cm³/mol. The molecule has 0 aromatic rings. The van der Waals surface area contributed by atoms with Crippen LogP contribution in [0.5, 0.6) is 0 Å². The van der Waals surface area contributed by atoms with Crippen molar-refractivity contribution in [2.24, 2.45) is 0 Å². The Hall–Kier alpha value is 1.06. The molecule has 0 bridgehead atoms. The Morgan fingerprint density at radius 1 is 0.889 bits per heavy atom. The fourth-order valence-corrected chi connectivity index (χ4v) is 2.81. The quantitative estimate of drug-likeness (QED) is 0.277. The Morgan fingerprint density at radius 2 is 1.11 bits per heavy atom. The number of methoxy groups -OCH3 is 2. The molecule has 8 nitrogen and oxygen atoms in total. The molecular weight excluding hydrogens is 308 g/mol. The normalized spacial score (nSPS) is 14.0. The number of rotatable bonds is 5. The van der Waals surface area contributed by atoms with Gasteiger partial charge in [-0.15, -0.1) is 0 Å². The molecule has 4 atom stereocenters. The number of esters is 2. The third-order valence-corrected chi connectivity index (χ3v) is 3.80. The molecule has 0 saturated carbocycles. The first kappa shape index (κ1) is 24.1. The first-order valence-corrected chi connectivity index (χ1v) is 6.28. The van der Waals surface area contributed by atoms with E-state index in [1.54, 1.807) is 0 Å². The van der Waals surface area contributed by atoms with Crippen molar-refractivity contribution in [1.29, 1.82) is 0 Å². The zero-order valence-corrected chi connectivity index (χ0v) is 16.1. The maximum Gasteiger partial charge on any atom is 1.00 e. The topological polar surface area (TPSA) is 133 Å². The van der Waals surface area contributed by atoms with Crippen molar-refractivity contribution in [1.82, 2.24) is 0 Å². The van der Waals surface area contributed by atoms with Crippen LogP contribution in [0.15, 0.2) is 0 Å². The fraction of sp³-hybridized carbons (Fsp3) is 0.667. The molecule has 0 amide bonds. The summed E-state index contributed by atoms with van der Waals surface area (Å²) in [6, 6.07) is 0. The second-order valence-corrected chi connectivity index (χ2v) is 4.76. The standard InChI is InChI=1S/C6H8O8P2.2Na/c1-13-5(7)3(15(9)10)4(16(11)12)6(8)14-2;;/h3-4H,1-2H3;;/q;2*+1. The second-order valence-electron chi connectivity index (χ2n) is 2.51. The van der Waals surface area contributed by atoms with E-state index in [9.17, 15) is 28.5 Å². The number of carbonyl (C=O) groups excluding carboxylic acids is 2. The summed E-state index contributed by atoms with van der Waals surface area (Å²) in [7, 11) is -5.21. The molecule has 0 heterocycles. The number of ether oxygens (including phenoxy) is 2. The summed E-state index contributed by atoms with van der Waals surface area (Å²) in [5.74, 6) is -2.66. The minimum Gasteiger partial charge on any atom is -0.595 e. The Balaban J connectivity index is -0.00000112. The minimum atomic E-state index is -3.48. The van der Waals surface area contributed by atoms with Gasteiger partial charge >= 0.3 is 98.4 Å². The summed E-state index contributed by atoms with van der Waals surface area (Å²) in [5, 5.41) is 0. The van der Waals surface area contributed by atoms with E-state index in [1.165, 1.54) is 0 Å². The monoisotopic (exact) mass is 316 g/mol. The van der Waals surface area contributed by atoms with Gasteiger partial charge in [-0.05, 0) is 0 Å². The molecule has 0 aromatic heterocycles. The molecule has 0 spiro atoms. The average Bonchev–Trinajstić information content (AvgIpc) is 2.22. The van der Waals surface area contributed by atoms with Gasteiger partial charge in [0.2, 0.25) is 0 Å². The van der Waals surface area contributed by atoms with Crippen LogP contribution in [0.4, 0.5) is 0 Å². The summed E-state index contributed by atoms with van der Waals surface area (Å²) < 4.78 is 29.7. The molecule has 0 aliphatic heterocycles. The van der Waals surface area contributed by atoms with Crippen molar-refractivity contribution < 1.29 is 97.1 Å². The first-order valence-electron chi connectivity index (χ1n) is 3.79. The van der Waals surface area contributed by atoms with Crippen LogP contribution in [0.2, 0.25) is 0 Å². The van der Waals surface area contributed by atoms with Crippen molar-refractivity contribution >= 4 is 28.0 Å². The molecule has 0 saturated heterocycles. The Labute approximate surface area is 149 Å². The molecule has 0 radical (unpaired) electrons. The van der Waals surface area contributed by atoms with E-state index >= 15 is 0 Å². The van der Waals surface area contributed by atoms with Crippen LogP contribution in [-0.4, -0.2) is 37.5 Å². The number of carbonyl (C=O) groups is 2. The molecule has 0 aromatic carbocycles. The molecule has 90 valence electrons. The van der Waals surface area contributed by atoms with Crippen LogP contribution in [0, 0.1) is 0 Å². The van der Waals surface area contributed by atoms with Gasteiger partial charge in [0.25, 0.3) is 0 Å². The van der Waals surface area contributed by atoms with Gasteiger partial charge in [-0.25, -0.2) is 9.59 Å². The van der Waals surface area contributed by atoms with Crippen LogP contribution in [0.1, 0.15) is 0 Å². The zero-order valence-electron chi connectivity index (χ0n) is 10.3. The maximum atomic E-state index is 11.0. The minimum absolute atomic E-state index is 0. The summed E-state index contributed by atoms with van der Waals surface area (Å²) in [6.45, 7) is 0. The summed E-state index contributed by atoms with van der Waals surface area (Å²) in [6.07, 6.45) is 0. The Morgan fingerprint density at radius 3 is 1.22 bits per heavy atom. The van der Waals surface area contributed by atoms with Crippen molar-refractivity contribution in [2.75, 3.05) is 14.2 Å².